The van der Waals surface area contributed by atoms with E-state index in [1.54, 1.807) is 0 Å². The Labute approximate surface area is 147 Å². The Morgan fingerprint density at radius 1 is 0.652 bits per heavy atom. The predicted octanol–water partition coefficient (Wildman–Crippen LogP) is 6.95. The molecule has 0 saturated carbocycles. The highest BCUT2D eigenvalue weighted by molar-refractivity contribution is 7.27. The van der Waals surface area contributed by atoms with Gasteiger partial charge >= 0.3 is 0 Å². The lowest BCUT2D eigenvalue weighted by Gasteiger charge is -2.06. The van der Waals surface area contributed by atoms with Crippen LogP contribution in [0.3, 0.4) is 0 Å². The molecule has 0 aliphatic heterocycles. The molecule has 0 aromatic heterocycles. The third kappa shape index (κ3) is 5.87. The molecule has 126 valence electrons. The van der Waals surface area contributed by atoms with E-state index in [0.29, 0.717) is 0 Å². The Kier molecular flexibility index (Phi) is 11.9. The second-order valence-corrected chi connectivity index (χ2v) is 5.38. The molecule has 0 radical (unpaired) electrons. The Bertz CT molecular complexity index is 703. The van der Waals surface area contributed by atoms with Gasteiger partial charge in [-0.3, -0.25) is 0 Å². The van der Waals surface area contributed by atoms with Gasteiger partial charge in [-0.1, -0.05) is 84.0 Å². The van der Waals surface area contributed by atoms with Crippen LogP contribution in [-0.4, -0.2) is 0 Å². The summed E-state index contributed by atoms with van der Waals surface area (Å²) in [7, 11) is 5.53. The first kappa shape index (κ1) is 22.0. The number of hydrogen-bond acceptors (Lipinski definition) is 0. The summed E-state index contributed by atoms with van der Waals surface area (Å²) < 4.78 is 0. The van der Waals surface area contributed by atoms with Crippen LogP contribution in [0, 0.1) is 0 Å². The van der Waals surface area contributed by atoms with E-state index in [2.05, 4.69) is 67.0 Å². The lowest BCUT2D eigenvalue weighted by molar-refractivity contribution is 1.45. The van der Waals surface area contributed by atoms with Gasteiger partial charge in [0.2, 0.25) is 0 Å². The molecule has 0 nitrogen and oxygen atoms in total. The molecule has 2 unspecified atom stereocenters. The fraction of sp³-hybridized carbons (Fsp3) is 0.333. The summed E-state index contributed by atoms with van der Waals surface area (Å²) in [6.07, 6.45) is 1.01. The van der Waals surface area contributed by atoms with Crippen LogP contribution in [0.15, 0.2) is 48.5 Å². The number of rotatable bonds is 1. The molecule has 3 aromatic rings. The van der Waals surface area contributed by atoms with Crippen LogP contribution in [-0.2, 0) is 6.16 Å². The Balaban J connectivity index is 0.000000728. The van der Waals surface area contributed by atoms with Crippen molar-refractivity contribution >= 4 is 45.3 Å². The molecule has 0 heterocycles. The van der Waals surface area contributed by atoms with Crippen LogP contribution in [0.1, 0.15) is 47.1 Å². The zero-order chi connectivity index (χ0) is 17.8. The van der Waals surface area contributed by atoms with E-state index in [1.165, 1.54) is 32.4 Å². The van der Waals surface area contributed by atoms with E-state index >= 15 is 0 Å². The van der Waals surface area contributed by atoms with Crippen molar-refractivity contribution < 1.29 is 0 Å². The number of benzene rings is 3. The normalized spacial score (nSPS) is 9.04. The zero-order valence-electron chi connectivity index (χ0n) is 15.5. The van der Waals surface area contributed by atoms with E-state index in [1.807, 2.05) is 41.5 Å². The van der Waals surface area contributed by atoms with Gasteiger partial charge < -0.3 is 0 Å². The number of hydrogen-bond donors (Lipinski definition) is 0. The Hall–Kier alpha value is -0.960. The second kappa shape index (κ2) is 12.5. The summed E-state index contributed by atoms with van der Waals surface area (Å²) in [4.78, 5) is 0. The predicted molar refractivity (Wildman–Crippen MR) is 118 cm³/mol. The molecule has 0 N–H and O–H groups in total. The minimum Gasteiger partial charge on any atom is -0.133 e. The van der Waals surface area contributed by atoms with E-state index in [0.717, 1.165) is 6.16 Å². The first-order chi connectivity index (χ1) is 11.3. The molecular formula is C21H32P2. The van der Waals surface area contributed by atoms with E-state index in [9.17, 15) is 0 Å². The van der Waals surface area contributed by atoms with Gasteiger partial charge in [0.15, 0.2) is 0 Å². The Morgan fingerprint density at radius 2 is 1.13 bits per heavy atom. The zero-order valence-corrected chi connectivity index (χ0v) is 17.8. The highest BCUT2D eigenvalue weighted by Gasteiger charge is 2.01. The van der Waals surface area contributed by atoms with Gasteiger partial charge in [0, 0.05) is 0 Å². The van der Waals surface area contributed by atoms with Gasteiger partial charge in [0.05, 0.1) is 0 Å². The van der Waals surface area contributed by atoms with Crippen molar-refractivity contribution in [2.24, 2.45) is 0 Å². The van der Waals surface area contributed by atoms with Crippen LogP contribution < -0.4 is 5.30 Å². The smallest absolute Gasteiger partial charge is 0.0105 e. The van der Waals surface area contributed by atoms with Crippen LogP contribution in [0.25, 0.3) is 21.5 Å². The number of fused-ring (bicyclic) bond motifs is 3. The molecule has 0 aliphatic rings. The summed E-state index contributed by atoms with van der Waals surface area (Å²) in [5, 5.41) is 6.55. The topological polar surface area (TPSA) is 0 Å². The first-order valence-electron chi connectivity index (χ1n) is 8.69. The maximum Gasteiger partial charge on any atom is -0.0105 e. The van der Waals surface area contributed by atoms with Crippen molar-refractivity contribution in [2.75, 3.05) is 0 Å². The average Bonchev–Trinajstić information content (AvgIpc) is 2.65. The maximum atomic E-state index is 2.78. The molecule has 3 aromatic carbocycles. The minimum absolute atomic E-state index is 1.01. The van der Waals surface area contributed by atoms with Crippen molar-refractivity contribution in [3.05, 3.63) is 54.1 Å². The highest BCUT2D eigenvalue weighted by atomic mass is 31.0. The standard InChI is InChI=1S/C15H14P2.3C2H6/c16-9-10-1-5-14-11(7-10)2-3-12-8-13(17)4-6-15(12)14;3*1-2/h1-8H,9,16-17H2;3*1-2H3. The highest BCUT2D eigenvalue weighted by Crippen LogP contribution is 2.26. The van der Waals surface area contributed by atoms with E-state index in [-0.39, 0.29) is 0 Å². The molecule has 0 saturated heterocycles. The molecule has 23 heavy (non-hydrogen) atoms. The van der Waals surface area contributed by atoms with Gasteiger partial charge in [0.25, 0.3) is 0 Å². The average molecular weight is 346 g/mol. The molecule has 2 heteroatoms. The quantitative estimate of drug-likeness (QED) is 0.330. The van der Waals surface area contributed by atoms with Crippen molar-refractivity contribution in [3.8, 4) is 0 Å². The van der Waals surface area contributed by atoms with Gasteiger partial charge in [-0.2, -0.15) is 0 Å². The third-order valence-electron chi connectivity index (χ3n) is 3.16. The summed E-state index contributed by atoms with van der Waals surface area (Å²) in [5.41, 5.74) is 1.37. The lowest BCUT2D eigenvalue weighted by atomic mass is 10.0. The lowest BCUT2D eigenvalue weighted by Crippen LogP contribution is -1.89. The SMILES string of the molecule is CC.CC.CC.PCc1ccc2c(ccc3cc(P)ccc32)c1. The van der Waals surface area contributed by atoms with E-state index in [4.69, 9.17) is 0 Å². The third-order valence-corrected chi connectivity index (χ3v) is 3.99. The van der Waals surface area contributed by atoms with Gasteiger partial charge in [-0.15, -0.1) is 18.5 Å². The molecule has 0 aliphatic carbocycles. The molecule has 0 fully saturated rings. The monoisotopic (exact) mass is 346 g/mol. The molecule has 3 rings (SSSR count). The molecule has 0 amide bonds. The second-order valence-electron chi connectivity index (χ2n) is 4.31. The minimum atomic E-state index is 1.01. The first-order valence-corrected chi connectivity index (χ1v) is 10.1. The van der Waals surface area contributed by atoms with Gasteiger partial charge in [0.1, 0.15) is 0 Å². The van der Waals surface area contributed by atoms with Crippen LogP contribution in [0.4, 0.5) is 0 Å². The van der Waals surface area contributed by atoms with Crippen molar-refractivity contribution in [2.45, 2.75) is 47.7 Å². The summed E-state index contributed by atoms with van der Waals surface area (Å²) in [6.45, 7) is 12.0. The van der Waals surface area contributed by atoms with Crippen LogP contribution in [0.2, 0.25) is 0 Å². The van der Waals surface area contributed by atoms with Gasteiger partial charge in [-0.25, -0.2) is 0 Å². The Morgan fingerprint density at radius 3 is 1.65 bits per heavy atom. The van der Waals surface area contributed by atoms with Crippen LogP contribution >= 0.6 is 18.5 Å². The molecular weight excluding hydrogens is 314 g/mol. The van der Waals surface area contributed by atoms with Crippen molar-refractivity contribution in [1.82, 2.24) is 0 Å². The fourth-order valence-electron chi connectivity index (χ4n) is 2.27. The van der Waals surface area contributed by atoms with Crippen molar-refractivity contribution in [3.63, 3.8) is 0 Å². The van der Waals surface area contributed by atoms with Crippen LogP contribution in [0.5, 0.6) is 0 Å². The van der Waals surface area contributed by atoms with E-state index < -0.39 is 0 Å². The van der Waals surface area contributed by atoms with Crippen molar-refractivity contribution in [1.29, 1.82) is 0 Å². The maximum absolute atomic E-state index is 2.78. The molecule has 0 bridgehead atoms. The van der Waals surface area contributed by atoms with Gasteiger partial charge in [-0.05, 0) is 44.6 Å². The molecule has 0 spiro atoms. The summed E-state index contributed by atoms with van der Waals surface area (Å²) >= 11 is 0. The molecule has 2 atom stereocenters. The summed E-state index contributed by atoms with van der Waals surface area (Å²) in [6, 6.07) is 17.7. The largest absolute Gasteiger partial charge is 0.133 e. The summed E-state index contributed by atoms with van der Waals surface area (Å²) in [5.74, 6) is 0. The fourth-order valence-corrected chi connectivity index (χ4v) is 2.80.